The predicted octanol–water partition coefficient (Wildman–Crippen LogP) is 2.80. The van der Waals surface area contributed by atoms with Crippen LogP contribution in [0, 0.1) is 12.8 Å². The zero-order chi connectivity index (χ0) is 16.9. The highest BCUT2D eigenvalue weighted by Gasteiger charge is 2.22. The van der Waals surface area contributed by atoms with Gasteiger partial charge in [0.2, 0.25) is 5.91 Å². The van der Waals surface area contributed by atoms with Gasteiger partial charge in [0, 0.05) is 23.5 Å². The third kappa shape index (κ3) is 4.00. The van der Waals surface area contributed by atoms with E-state index >= 15 is 0 Å². The molecule has 0 radical (unpaired) electrons. The Kier molecular flexibility index (Phi) is 4.91. The molecule has 1 saturated heterocycles. The van der Waals surface area contributed by atoms with Gasteiger partial charge in [0.25, 0.3) is 5.91 Å². The molecule has 5 nitrogen and oxygen atoms in total. The van der Waals surface area contributed by atoms with Crippen molar-refractivity contribution in [3.63, 3.8) is 0 Å². The Labute approximate surface area is 141 Å². The van der Waals surface area contributed by atoms with Crippen LogP contribution in [0.2, 0.25) is 0 Å². The summed E-state index contributed by atoms with van der Waals surface area (Å²) in [7, 11) is 0. The number of rotatable bonds is 4. The molecule has 5 heteroatoms. The average molecular weight is 323 g/mol. The smallest absolute Gasteiger partial charge is 0.255 e. The van der Waals surface area contributed by atoms with Gasteiger partial charge < -0.3 is 16.0 Å². The van der Waals surface area contributed by atoms with Crippen LogP contribution in [0.15, 0.2) is 48.5 Å². The largest absolute Gasteiger partial charge is 0.326 e. The number of amides is 2. The molecule has 2 aromatic carbocycles. The van der Waals surface area contributed by atoms with Crippen LogP contribution in [-0.2, 0) is 4.79 Å². The Morgan fingerprint density at radius 1 is 0.958 bits per heavy atom. The van der Waals surface area contributed by atoms with Crippen molar-refractivity contribution in [1.29, 1.82) is 0 Å². The normalized spacial score (nSPS) is 16.6. The van der Waals surface area contributed by atoms with E-state index in [0.717, 1.165) is 30.8 Å². The summed E-state index contributed by atoms with van der Waals surface area (Å²) in [6.07, 6.45) is 0.872. The average Bonchev–Trinajstić information content (AvgIpc) is 3.12. The van der Waals surface area contributed by atoms with E-state index in [2.05, 4.69) is 16.0 Å². The number of carbonyl (C=O) groups is 2. The van der Waals surface area contributed by atoms with Crippen LogP contribution in [0.5, 0.6) is 0 Å². The maximum absolute atomic E-state index is 12.2. The molecule has 124 valence electrons. The highest BCUT2D eigenvalue weighted by Crippen LogP contribution is 2.17. The second kappa shape index (κ2) is 7.27. The summed E-state index contributed by atoms with van der Waals surface area (Å²) in [5, 5.41) is 8.94. The van der Waals surface area contributed by atoms with E-state index in [1.54, 1.807) is 36.4 Å². The van der Waals surface area contributed by atoms with Gasteiger partial charge in [0.1, 0.15) is 0 Å². The Bertz CT molecular complexity index is 717. The number of benzene rings is 2. The van der Waals surface area contributed by atoms with Gasteiger partial charge in [0.15, 0.2) is 0 Å². The van der Waals surface area contributed by atoms with Crippen molar-refractivity contribution in [2.24, 2.45) is 5.92 Å². The molecule has 0 aliphatic carbocycles. The molecule has 1 heterocycles. The monoisotopic (exact) mass is 323 g/mol. The molecule has 1 atom stereocenters. The molecule has 0 bridgehead atoms. The summed E-state index contributed by atoms with van der Waals surface area (Å²) in [5.41, 5.74) is 3.16. The zero-order valence-electron chi connectivity index (χ0n) is 13.6. The summed E-state index contributed by atoms with van der Waals surface area (Å²) in [4.78, 5) is 24.2. The van der Waals surface area contributed by atoms with Crippen molar-refractivity contribution < 1.29 is 9.59 Å². The van der Waals surface area contributed by atoms with E-state index in [-0.39, 0.29) is 17.7 Å². The second-order valence-corrected chi connectivity index (χ2v) is 6.08. The highest BCUT2D eigenvalue weighted by molar-refractivity contribution is 6.04. The van der Waals surface area contributed by atoms with Gasteiger partial charge in [0.05, 0.1) is 5.92 Å². The Balaban J connectivity index is 1.58. The minimum Gasteiger partial charge on any atom is -0.326 e. The molecule has 0 saturated carbocycles. The van der Waals surface area contributed by atoms with Gasteiger partial charge in [-0.1, -0.05) is 17.7 Å². The lowest BCUT2D eigenvalue weighted by Crippen LogP contribution is -2.24. The third-order valence-corrected chi connectivity index (χ3v) is 4.16. The van der Waals surface area contributed by atoms with Crippen molar-refractivity contribution in [3.8, 4) is 0 Å². The van der Waals surface area contributed by atoms with Gasteiger partial charge in [-0.2, -0.15) is 0 Å². The first-order chi connectivity index (χ1) is 11.6. The first-order valence-electron chi connectivity index (χ1n) is 8.11. The molecule has 1 fully saturated rings. The number of hydrogen-bond donors (Lipinski definition) is 3. The van der Waals surface area contributed by atoms with E-state index in [0.29, 0.717) is 11.3 Å². The van der Waals surface area contributed by atoms with Crippen LogP contribution in [0.4, 0.5) is 11.4 Å². The van der Waals surface area contributed by atoms with Gasteiger partial charge in [-0.25, -0.2) is 0 Å². The molecule has 24 heavy (non-hydrogen) atoms. The van der Waals surface area contributed by atoms with E-state index in [4.69, 9.17) is 0 Å². The topological polar surface area (TPSA) is 70.2 Å². The van der Waals surface area contributed by atoms with Crippen LogP contribution in [-0.4, -0.2) is 24.9 Å². The van der Waals surface area contributed by atoms with E-state index < -0.39 is 0 Å². The molecule has 1 aliphatic heterocycles. The Hall–Kier alpha value is -2.66. The van der Waals surface area contributed by atoms with Gasteiger partial charge in [-0.3, -0.25) is 9.59 Å². The SMILES string of the molecule is Cc1ccc(C(=O)Nc2ccc(NC(=O)[C@H]3CCNC3)cc2)cc1. The highest BCUT2D eigenvalue weighted by atomic mass is 16.2. The van der Waals surface area contributed by atoms with Crippen molar-refractivity contribution in [2.45, 2.75) is 13.3 Å². The molecule has 0 aromatic heterocycles. The molecule has 0 unspecified atom stereocenters. The van der Waals surface area contributed by atoms with E-state index in [1.165, 1.54) is 0 Å². The van der Waals surface area contributed by atoms with E-state index in [1.807, 2.05) is 19.1 Å². The van der Waals surface area contributed by atoms with Gasteiger partial charge in [-0.15, -0.1) is 0 Å². The first-order valence-corrected chi connectivity index (χ1v) is 8.11. The summed E-state index contributed by atoms with van der Waals surface area (Å²) < 4.78 is 0. The first kappa shape index (κ1) is 16.2. The lowest BCUT2D eigenvalue weighted by Gasteiger charge is -2.11. The standard InChI is InChI=1S/C19H21N3O2/c1-13-2-4-14(5-3-13)18(23)21-16-6-8-17(9-7-16)22-19(24)15-10-11-20-12-15/h2-9,15,20H,10-12H2,1H3,(H,21,23)(H,22,24)/t15-/m0/s1. The molecule has 3 N–H and O–H groups in total. The molecule has 1 aliphatic rings. The van der Waals surface area contributed by atoms with Crippen LogP contribution < -0.4 is 16.0 Å². The van der Waals surface area contributed by atoms with Crippen LogP contribution in [0.3, 0.4) is 0 Å². The van der Waals surface area contributed by atoms with Crippen molar-refractivity contribution in [1.82, 2.24) is 5.32 Å². The van der Waals surface area contributed by atoms with Crippen molar-refractivity contribution >= 4 is 23.2 Å². The summed E-state index contributed by atoms with van der Waals surface area (Å²) >= 11 is 0. The summed E-state index contributed by atoms with van der Waals surface area (Å²) in [5.74, 6) is -0.0776. The Morgan fingerprint density at radius 2 is 1.58 bits per heavy atom. The number of carbonyl (C=O) groups excluding carboxylic acids is 2. The number of anilines is 2. The molecular weight excluding hydrogens is 302 g/mol. The molecule has 3 rings (SSSR count). The predicted molar refractivity (Wildman–Crippen MR) is 95.2 cm³/mol. The fourth-order valence-electron chi connectivity index (χ4n) is 2.67. The summed E-state index contributed by atoms with van der Waals surface area (Å²) in [6.45, 7) is 3.61. The molecule has 2 aromatic rings. The molecule has 0 spiro atoms. The third-order valence-electron chi connectivity index (χ3n) is 4.16. The van der Waals surface area contributed by atoms with Crippen LogP contribution >= 0.6 is 0 Å². The second-order valence-electron chi connectivity index (χ2n) is 6.08. The fraction of sp³-hybridized carbons (Fsp3) is 0.263. The fourth-order valence-corrected chi connectivity index (χ4v) is 2.67. The lowest BCUT2D eigenvalue weighted by molar-refractivity contribution is -0.119. The number of hydrogen-bond acceptors (Lipinski definition) is 3. The van der Waals surface area contributed by atoms with E-state index in [9.17, 15) is 9.59 Å². The van der Waals surface area contributed by atoms with Crippen molar-refractivity contribution in [2.75, 3.05) is 23.7 Å². The Morgan fingerprint density at radius 3 is 2.17 bits per heavy atom. The van der Waals surface area contributed by atoms with Crippen LogP contribution in [0.1, 0.15) is 22.3 Å². The minimum absolute atomic E-state index is 0.0333. The number of aryl methyl sites for hydroxylation is 1. The lowest BCUT2D eigenvalue weighted by atomic mass is 10.1. The van der Waals surface area contributed by atoms with Gasteiger partial charge >= 0.3 is 0 Å². The molecule has 2 amide bonds. The molecular formula is C19H21N3O2. The number of nitrogens with one attached hydrogen (secondary N) is 3. The summed E-state index contributed by atoms with van der Waals surface area (Å²) in [6, 6.07) is 14.6. The minimum atomic E-state index is -0.149. The zero-order valence-corrected chi connectivity index (χ0v) is 13.6. The quantitative estimate of drug-likeness (QED) is 0.810. The maximum atomic E-state index is 12.2. The van der Waals surface area contributed by atoms with Gasteiger partial charge in [-0.05, 0) is 56.3 Å². The maximum Gasteiger partial charge on any atom is 0.255 e. The van der Waals surface area contributed by atoms with Crippen LogP contribution in [0.25, 0.3) is 0 Å². The van der Waals surface area contributed by atoms with Crippen molar-refractivity contribution in [3.05, 3.63) is 59.7 Å².